The van der Waals surface area contributed by atoms with Gasteiger partial charge in [-0.25, -0.2) is 4.57 Å². The molecule has 9 nitrogen and oxygen atoms in total. The van der Waals surface area contributed by atoms with E-state index in [0.29, 0.717) is 25.7 Å². The number of hydrogen-bond acceptors (Lipinski definition) is 7. The van der Waals surface area contributed by atoms with Crippen LogP contribution >= 0.6 is 7.82 Å². The van der Waals surface area contributed by atoms with E-state index in [0.717, 1.165) is 57.8 Å². The molecule has 0 heterocycles. The van der Waals surface area contributed by atoms with Crippen LogP contribution in [0.3, 0.4) is 0 Å². The molecule has 0 aromatic heterocycles. The summed E-state index contributed by atoms with van der Waals surface area (Å²) < 4.78 is 26.2. The van der Waals surface area contributed by atoms with Gasteiger partial charge in [0.2, 0.25) is 0 Å². The average molecular weight is 763 g/mol. The number of phosphoric ester groups is 1. The van der Waals surface area contributed by atoms with Gasteiger partial charge in [0.25, 0.3) is 0 Å². The van der Waals surface area contributed by atoms with Gasteiger partial charge >= 0.3 is 19.8 Å². The third kappa shape index (κ3) is 40.2. The molecule has 0 amide bonds. The fourth-order valence-electron chi connectivity index (χ4n) is 5.01. The molecule has 3 N–H and O–H groups in total. The molecule has 0 aliphatic rings. The molecule has 2 atom stereocenters. The fourth-order valence-corrected chi connectivity index (χ4v) is 5.37. The molecule has 0 fully saturated rings. The summed E-state index contributed by atoms with van der Waals surface area (Å²) in [6.07, 6.45) is 46.3. The molecule has 53 heavy (non-hydrogen) atoms. The van der Waals surface area contributed by atoms with Crippen molar-refractivity contribution in [3.63, 3.8) is 0 Å². The Kier molecular flexibility index (Phi) is 35.5. The third-order valence-electron chi connectivity index (χ3n) is 7.99. The number of rotatable bonds is 35. The van der Waals surface area contributed by atoms with Gasteiger partial charge in [-0.1, -0.05) is 150 Å². The van der Waals surface area contributed by atoms with Crippen LogP contribution in [0, 0.1) is 0 Å². The van der Waals surface area contributed by atoms with Gasteiger partial charge < -0.3 is 24.4 Å². The highest BCUT2D eigenvalue weighted by Gasteiger charge is 2.22. The normalized spacial score (nSPS) is 14.0. The number of ether oxygens (including phenoxy) is 2. The summed E-state index contributed by atoms with van der Waals surface area (Å²) in [4.78, 5) is 42.7. The lowest BCUT2D eigenvalue weighted by molar-refractivity contribution is -0.161. The van der Waals surface area contributed by atoms with Crippen LogP contribution in [-0.2, 0) is 28.2 Å². The van der Waals surface area contributed by atoms with Crippen molar-refractivity contribution in [2.75, 3.05) is 13.2 Å². The highest BCUT2D eigenvalue weighted by molar-refractivity contribution is 7.46. The second-order valence-corrected chi connectivity index (χ2v) is 14.3. The number of hydrogen-bond donors (Lipinski definition) is 3. The van der Waals surface area contributed by atoms with Gasteiger partial charge in [0, 0.05) is 12.8 Å². The van der Waals surface area contributed by atoms with Crippen molar-refractivity contribution in [3.05, 3.63) is 85.1 Å². The zero-order chi connectivity index (χ0) is 39.1. The molecule has 302 valence electrons. The number of aliphatic hydroxyl groups excluding tert-OH is 1. The molecule has 0 aliphatic heterocycles. The van der Waals surface area contributed by atoms with Crippen molar-refractivity contribution < 1.29 is 43.0 Å². The van der Waals surface area contributed by atoms with Crippen LogP contribution in [0.25, 0.3) is 0 Å². The zero-order valence-electron chi connectivity index (χ0n) is 32.7. The van der Waals surface area contributed by atoms with Crippen molar-refractivity contribution in [2.45, 2.75) is 161 Å². The summed E-state index contributed by atoms with van der Waals surface area (Å²) >= 11 is 0. The maximum absolute atomic E-state index is 12.4. The standard InChI is InChI=1S/C43H71O9P/c1-3-5-7-9-11-12-13-14-15-16-17-22-25-29-33-37-43(46)52-41(39-51-53(47,48)49)38-50-42(45)36-32-28-24-21-19-18-20-23-27-31-35-40(44)34-30-26-10-8-6-4-2/h6,8,14-15,18-19,23-24,26-28,30-31,35,40-41,44H,3-5,7,9-13,16-17,20-22,25,29,32-34,36-39H2,1-2H3,(H2,47,48,49)/b8-6-,15-14-,19-18-,27-23-,28-24-,30-26-,35-31+/t40?,41-/m1/s1. The predicted octanol–water partition coefficient (Wildman–Crippen LogP) is 11.0. The number of carbonyl (C=O) groups is 2. The number of carbonyl (C=O) groups excluding carboxylic acids is 2. The van der Waals surface area contributed by atoms with Gasteiger partial charge in [0.15, 0.2) is 6.10 Å². The first-order valence-corrected chi connectivity index (χ1v) is 21.5. The predicted molar refractivity (Wildman–Crippen MR) is 217 cm³/mol. The van der Waals surface area contributed by atoms with Crippen molar-refractivity contribution >= 4 is 19.8 Å². The van der Waals surface area contributed by atoms with E-state index in [-0.39, 0.29) is 19.4 Å². The van der Waals surface area contributed by atoms with Gasteiger partial charge in [-0.15, -0.1) is 0 Å². The number of allylic oxidation sites excluding steroid dienone is 12. The first-order chi connectivity index (χ1) is 25.7. The lowest BCUT2D eigenvalue weighted by atomic mass is 10.1. The Bertz CT molecular complexity index is 1150. The Hall–Kier alpha value is -2.81. The van der Waals surface area contributed by atoms with Gasteiger partial charge in [-0.2, -0.15) is 0 Å². The van der Waals surface area contributed by atoms with Gasteiger partial charge in [-0.3, -0.25) is 14.1 Å². The largest absolute Gasteiger partial charge is 0.469 e. The Balaban J connectivity index is 4.17. The minimum absolute atomic E-state index is 0.113. The summed E-state index contributed by atoms with van der Waals surface area (Å²) in [6.45, 7) is 3.41. The number of phosphoric acid groups is 1. The quantitative estimate of drug-likeness (QED) is 0.0189. The second kappa shape index (κ2) is 37.5. The van der Waals surface area contributed by atoms with Crippen molar-refractivity contribution in [2.24, 2.45) is 0 Å². The zero-order valence-corrected chi connectivity index (χ0v) is 33.6. The maximum atomic E-state index is 12.4. The van der Waals surface area contributed by atoms with Crippen molar-refractivity contribution in [3.8, 4) is 0 Å². The third-order valence-corrected chi connectivity index (χ3v) is 8.48. The summed E-state index contributed by atoms with van der Waals surface area (Å²) in [5.41, 5.74) is 0. The van der Waals surface area contributed by atoms with Gasteiger partial charge in [0.05, 0.1) is 12.7 Å². The number of esters is 2. The summed E-state index contributed by atoms with van der Waals surface area (Å²) in [6, 6.07) is 0. The molecule has 0 saturated carbocycles. The molecular weight excluding hydrogens is 691 g/mol. The highest BCUT2D eigenvalue weighted by atomic mass is 31.2. The average Bonchev–Trinajstić information content (AvgIpc) is 3.12. The van der Waals surface area contributed by atoms with Crippen molar-refractivity contribution in [1.82, 2.24) is 0 Å². The van der Waals surface area contributed by atoms with Crippen LogP contribution in [0.5, 0.6) is 0 Å². The second-order valence-electron chi connectivity index (χ2n) is 13.1. The van der Waals surface area contributed by atoms with E-state index in [9.17, 15) is 19.3 Å². The van der Waals surface area contributed by atoms with Crippen LogP contribution in [0.15, 0.2) is 85.1 Å². The minimum Gasteiger partial charge on any atom is -0.462 e. The number of aliphatic hydroxyl groups is 1. The molecule has 1 unspecified atom stereocenters. The summed E-state index contributed by atoms with van der Waals surface area (Å²) in [7, 11) is -4.79. The molecule has 0 aliphatic carbocycles. The van der Waals surface area contributed by atoms with Crippen LogP contribution in [0.1, 0.15) is 149 Å². The highest BCUT2D eigenvalue weighted by Crippen LogP contribution is 2.36. The van der Waals surface area contributed by atoms with E-state index >= 15 is 0 Å². The van der Waals surface area contributed by atoms with E-state index in [1.165, 1.54) is 38.5 Å². The summed E-state index contributed by atoms with van der Waals surface area (Å²) in [5, 5.41) is 9.96. The topological polar surface area (TPSA) is 140 Å². The Labute approximate surface area is 321 Å². The molecule has 0 rings (SSSR count). The van der Waals surface area contributed by atoms with Crippen LogP contribution in [0.2, 0.25) is 0 Å². The lowest BCUT2D eigenvalue weighted by Crippen LogP contribution is -2.29. The molecule has 0 bridgehead atoms. The maximum Gasteiger partial charge on any atom is 0.469 e. The smallest absolute Gasteiger partial charge is 0.462 e. The van der Waals surface area contributed by atoms with Crippen molar-refractivity contribution in [1.29, 1.82) is 0 Å². The molecule has 0 aromatic rings. The number of unbranched alkanes of at least 4 members (excludes halogenated alkanes) is 11. The first kappa shape index (κ1) is 50.2. The van der Waals surface area contributed by atoms with E-state index in [4.69, 9.17) is 19.3 Å². The summed E-state index contributed by atoms with van der Waals surface area (Å²) in [5.74, 6) is -1.03. The van der Waals surface area contributed by atoms with E-state index < -0.39 is 38.6 Å². The fraction of sp³-hybridized carbons (Fsp3) is 0.628. The van der Waals surface area contributed by atoms with E-state index in [2.05, 4.69) is 48.8 Å². The molecular formula is C43H71O9P. The monoisotopic (exact) mass is 762 g/mol. The van der Waals surface area contributed by atoms with Gasteiger partial charge in [0.1, 0.15) is 6.61 Å². The van der Waals surface area contributed by atoms with E-state index in [1.54, 1.807) is 6.08 Å². The molecule has 0 spiro atoms. The molecule has 10 heteroatoms. The van der Waals surface area contributed by atoms with Crippen LogP contribution in [0.4, 0.5) is 0 Å². The Morgan fingerprint density at radius 2 is 1.17 bits per heavy atom. The van der Waals surface area contributed by atoms with Crippen LogP contribution in [-0.4, -0.2) is 52.3 Å². The lowest BCUT2D eigenvalue weighted by Gasteiger charge is -2.18. The molecule has 0 saturated heterocycles. The van der Waals surface area contributed by atoms with Gasteiger partial charge in [-0.05, 0) is 70.6 Å². The minimum atomic E-state index is -4.79. The van der Waals surface area contributed by atoms with E-state index in [1.807, 2.05) is 48.6 Å². The van der Waals surface area contributed by atoms with Crippen LogP contribution < -0.4 is 0 Å². The Morgan fingerprint density at radius 3 is 1.83 bits per heavy atom. The SMILES string of the molecule is CC/C=C\C/C=C\CC(O)/C=C/C=C\C/C=C\C/C=C\CCC(=O)OC[C@H](COP(=O)(O)O)OC(=O)CCCCCCC/C=C\CCCCCCCC. The molecule has 0 aromatic carbocycles. The Morgan fingerprint density at radius 1 is 0.604 bits per heavy atom. The molecule has 0 radical (unpaired) electrons. The first-order valence-electron chi connectivity index (χ1n) is 20.0.